The summed E-state index contributed by atoms with van der Waals surface area (Å²) in [7, 11) is 0. The summed E-state index contributed by atoms with van der Waals surface area (Å²) < 4.78 is 2.01. The van der Waals surface area contributed by atoms with Crippen LogP contribution in [0.3, 0.4) is 0 Å². The van der Waals surface area contributed by atoms with Crippen LogP contribution in [0, 0.1) is 11.3 Å². The van der Waals surface area contributed by atoms with Gasteiger partial charge in [0.2, 0.25) is 5.91 Å². The van der Waals surface area contributed by atoms with Crippen LogP contribution in [0.15, 0.2) is 36.9 Å². The molecule has 1 aliphatic rings. The van der Waals surface area contributed by atoms with Gasteiger partial charge in [-0.3, -0.25) is 4.79 Å². The first kappa shape index (κ1) is 17.5. The van der Waals surface area contributed by atoms with E-state index >= 15 is 0 Å². The average molecular weight is 342 g/mol. The molecule has 3 rings (SSSR count). The van der Waals surface area contributed by atoms with Gasteiger partial charge < -0.3 is 14.6 Å². The maximum absolute atomic E-state index is 13.0. The minimum absolute atomic E-state index is 0.211. The highest BCUT2D eigenvalue weighted by atomic mass is 16.3. The third kappa shape index (κ3) is 4.38. The van der Waals surface area contributed by atoms with Gasteiger partial charge in [-0.2, -0.15) is 0 Å². The standard InChI is InChI=1S/C19H26N4O2/c1-19(2,11-15-3-5-17(24)6-4-15)18(25)23-9-7-16(8-10-23)12-22-13-20-21-14-22/h3-6,13-14,16,24H,7-12H2,1-2H3. The first-order valence-corrected chi connectivity index (χ1v) is 8.84. The molecule has 1 saturated heterocycles. The van der Waals surface area contributed by atoms with Crippen LogP contribution in [0.1, 0.15) is 32.3 Å². The molecule has 0 spiro atoms. The Morgan fingerprint density at radius 3 is 2.36 bits per heavy atom. The first-order valence-electron chi connectivity index (χ1n) is 8.84. The fraction of sp³-hybridized carbons (Fsp3) is 0.526. The fourth-order valence-corrected chi connectivity index (χ4v) is 3.56. The Morgan fingerprint density at radius 1 is 1.16 bits per heavy atom. The number of hydrogen-bond donors (Lipinski definition) is 1. The molecular weight excluding hydrogens is 316 g/mol. The number of hydrogen-bond acceptors (Lipinski definition) is 4. The van der Waals surface area contributed by atoms with Crippen LogP contribution in [0.4, 0.5) is 0 Å². The molecule has 1 N–H and O–H groups in total. The van der Waals surface area contributed by atoms with Gasteiger partial charge in [-0.25, -0.2) is 0 Å². The first-order chi connectivity index (χ1) is 11.9. The lowest BCUT2D eigenvalue weighted by Gasteiger charge is -2.37. The number of piperidine rings is 1. The molecule has 0 atom stereocenters. The largest absolute Gasteiger partial charge is 0.508 e. The minimum Gasteiger partial charge on any atom is -0.508 e. The number of aromatic hydroxyl groups is 1. The summed E-state index contributed by atoms with van der Waals surface area (Å²) in [5, 5.41) is 17.1. The third-order valence-corrected chi connectivity index (χ3v) is 5.00. The zero-order valence-corrected chi connectivity index (χ0v) is 14.9. The molecule has 2 heterocycles. The Kier molecular flexibility index (Phi) is 5.06. The van der Waals surface area contributed by atoms with Crippen LogP contribution in [0.25, 0.3) is 0 Å². The van der Waals surface area contributed by atoms with Crippen molar-refractivity contribution in [2.24, 2.45) is 11.3 Å². The van der Waals surface area contributed by atoms with E-state index in [9.17, 15) is 9.90 Å². The van der Waals surface area contributed by atoms with Gasteiger partial charge in [-0.1, -0.05) is 26.0 Å². The molecule has 134 valence electrons. The van der Waals surface area contributed by atoms with Crippen molar-refractivity contribution >= 4 is 5.91 Å². The molecule has 0 saturated carbocycles. The van der Waals surface area contributed by atoms with Gasteiger partial charge in [0, 0.05) is 25.0 Å². The summed E-state index contributed by atoms with van der Waals surface area (Å²) in [6, 6.07) is 7.12. The molecule has 1 aromatic heterocycles. The summed E-state index contributed by atoms with van der Waals surface area (Å²) in [5.41, 5.74) is 0.622. The van der Waals surface area contributed by atoms with Crippen LogP contribution in [-0.2, 0) is 17.8 Å². The van der Waals surface area contributed by atoms with E-state index in [1.165, 1.54) is 0 Å². The zero-order valence-electron chi connectivity index (χ0n) is 14.9. The molecule has 1 aromatic carbocycles. The normalized spacial score (nSPS) is 16.2. The monoisotopic (exact) mass is 342 g/mol. The highest BCUT2D eigenvalue weighted by molar-refractivity contribution is 5.82. The van der Waals surface area contributed by atoms with Crippen molar-refractivity contribution in [3.8, 4) is 5.75 Å². The van der Waals surface area contributed by atoms with Crippen molar-refractivity contribution in [2.75, 3.05) is 13.1 Å². The van der Waals surface area contributed by atoms with Gasteiger partial charge in [0.1, 0.15) is 18.4 Å². The molecule has 25 heavy (non-hydrogen) atoms. The topological polar surface area (TPSA) is 71.2 Å². The van der Waals surface area contributed by atoms with Gasteiger partial charge in [0.25, 0.3) is 0 Å². The van der Waals surface area contributed by atoms with Crippen LogP contribution >= 0.6 is 0 Å². The van der Waals surface area contributed by atoms with Gasteiger partial charge in [-0.05, 0) is 42.9 Å². The number of aromatic nitrogens is 3. The lowest BCUT2D eigenvalue weighted by molar-refractivity contribution is -0.141. The Morgan fingerprint density at radius 2 is 1.76 bits per heavy atom. The number of amides is 1. The molecule has 0 aliphatic carbocycles. The Balaban J connectivity index is 1.54. The second kappa shape index (κ2) is 7.25. The Labute approximate surface area is 148 Å². The van der Waals surface area contributed by atoms with Crippen molar-refractivity contribution in [1.29, 1.82) is 0 Å². The molecule has 6 nitrogen and oxygen atoms in total. The molecule has 1 fully saturated rings. The summed E-state index contributed by atoms with van der Waals surface area (Å²) in [6.45, 7) is 6.55. The van der Waals surface area contributed by atoms with Crippen LogP contribution in [0.5, 0.6) is 5.75 Å². The number of likely N-dealkylation sites (tertiary alicyclic amines) is 1. The molecule has 6 heteroatoms. The number of phenols is 1. The molecule has 1 aliphatic heterocycles. The number of rotatable bonds is 5. The average Bonchev–Trinajstić information content (AvgIpc) is 3.10. The van der Waals surface area contributed by atoms with E-state index < -0.39 is 5.41 Å². The number of phenolic OH excluding ortho intramolecular Hbond substituents is 1. The van der Waals surface area contributed by atoms with Crippen molar-refractivity contribution in [3.05, 3.63) is 42.5 Å². The van der Waals surface area contributed by atoms with E-state index in [4.69, 9.17) is 0 Å². The van der Waals surface area contributed by atoms with E-state index in [2.05, 4.69) is 10.2 Å². The second-order valence-corrected chi connectivity index (χ2v) is 7.62. The van der Waals surface area contributed by atoms with E-state index in [1.807, 2.05) is 35.4 Å². The molecular formula is C19H26N4O2. The lowest BCUT2D eigenvalue weighted by atomic mass is 9.83. The maximum atomic E-state index is 13.0. The van der Waals surface area contributed by atoms with Crippen molar-refractivity contribution in [3.63, 3.8) is 0 Å². The third-order valence-electron chi connectivity index (χ3n) is 5.00. The molecule has 0 bridgehead atoms. The van der Waals surface area contributed by atoms with Crippen LogP contribution in [-0.4, -0.2) is 43.8 Å². The van der Waals surface area contributed by atoms with Crippen molar-refractivity contribution in [1.82, 2.24) is 19.7 Å². The highest BCUT2D eigenvalue weighted by Crippen LogP contribution is 2.28. The number of carbonyl (C=O) groups excluding carboxylic acids is 1. The molecule has 1 amide bonds. The Bertz CT molecular complexity index is 687. The Hall–Kier alpha value is -2.37. The number of nitrogens with zero attached hydrogens (tertiary/aromatic N) is 4. The van der Waals surface area contributed by atoms with Crippen molar-refractivity contribution < 1.29 is 9.90 Å². The minimum atomic E-state index is -0.446. The number of benzene rings is 1. The number of carbonyl (C=O) groups is 1. The smallest absolute Gasteiger partial charge is 0.228 e. The maximum Gasteiger partial charge on any atom is 0.228 e. The van der Waals surface area contributed by atoms with Gasteiger partial charge in [0.05, 0.1) is 0 Å². The highest BCUT2D eigenvalue weighted by Gasteiger charge is 2.34. The quantitative estimate of drug-likeness (QED) is 0.906. The predicted octanol–water partition coefficient (Wildman–Crippen LogP) is 2.49. The zero-order chi connectivity index (χ0) is 17.9. The van der Waals surface area contributed by atoms with Gasteiger partial charge in [0.15, 0.2) is 0 Å². The van der Waals surface area contributed by atoms with E-state index in [1.54, 1.807) is 24.8 Å². The molecule has 0 unspecified atom stereocenters. The van der Waals surface area contributed by atoms with E-state index in [0.717, 1.165) is 38.0 Å². The van der Waals surface area contributed by atoms with Gasteiger partial charge in [-0.15, -0.1) is 10.2 Å². The second-order valence-electron chi connectivity index (χ2n) is 7.62. The predicted molar refractivity (Wildman–Crippen MR) is 94.9 cm³/mol. The molecule has 0 radical (unpaired) electrons. The summed E-state index contributed by atoms with van der Waals surface area (Å²) >= 11 is 0. The summed E-state index contributed by atoms with van der Waals surface area (Å²) in [4.78, 5) is 15.0. The summed E-state index contributed by atoms with van der Waals surface area (Å²) in [6.07, 6.45) is 6.20. The lowest BCUT2D eigenvalue weighted by Crippen LogP contribution is -2.46. The molecule has 2 aromatic rings. The van der Waals surface area contributed by atoms with Crippen molar-refractivity contribution in [2.45, 2.75) is 39.7 Å². The summed E-state index contributed by atoms with van der Waals surface area (Å²) in [5.74, 6) is 1.03. The SMILES string of the molecule is CC(C)(Cc1ccc(O)cc1)C(=O)N1CCC(Cn2cnnc2)CC1. The van der Waals surface area contributed by atoms with E-state index in [0.29, 0.717) is 12.3 Å². The fourth-order valence-electron chi connectivity index (χ4n) is 3.56. The van der Waals surface area contributed by atoms with E-state index in [-0.39, 0.29) is 11.7 Å². The van der Waals surface area contributed by atoms with Gasteiger partial charge >= 0.3 is 0 Å². The van der Waals surface area contributed by atoms with Crippen LogP contribution in [0.2, 0.25) is 0 Å². The van der Waals surface area contributed by atoms with Crippen LogP contribution < -0.4 is 0 Å².